The highest BCUT2D eigenvalue weighted by molar-refractivity contribution is 5.58. The fourth-order valence-corrected chi connectivity index (χ4v) is 5.04. The van der Waals surface area contributed by atoms with Gasteiger partial charge in [-0.1, -0.05) is 48.5 Å². The Morgan fingerprint density at radius 2 is 0.525 bits per heavy atom. The smallest absolute Gasteiger partial charge is 0.123 e. The van der Waals surface area contributed by atoms with E-state index in [4.69, 9.17) is 0 Å². The zero-order chi connectivity index (χ0) is 28.6. The summed E-state index contributed by atoms with van der Waals surface area (Å²) in [6.07, 6.45) is 0. The van der Waals surface area contributed by atoms with Gasteiger partial charge in [0.25, 0.3) is 0 Å². The van der Waals surface area contributed by atoms with Gasteiger partial charge in [0.2, 0.25) is 0 Å². The summed E-state index contributed by atoms with van der Waals surface area (Å²) in [5.41, 5.74) is 2.89. The molecule has 8 nitrogen and oxygen atoms in total. The van der Waals surface area contributed by atoms with Crippen LogP contribution in [0.5, 0.6) is 46.0 Å². The molecule has 0 amide bonds. The lowest BCUT2D eigenvalue weighted by Gasteiger charge is -2.24. The molecular weight excluding hydrogens is 512 g/mol. The molecule has 0 saturated heterocycles. The lowest BCUT2D eigenvalue weighted by atomic mass is 9.80. The fraction of sp³-hybridized carbons (Fsp3) is 0.0625. The van der Waals surface area contributed by atoms with E-state index in [0.29, 0.717) is 33.4 Å². The lowest BCUT2D eigenvalue weighted by Crippen LogP contribution is -2.07. The SMILES string of the molecule is Oc1ccc(C(c2ccc(C(c3ccc(O)cc3O)c3ccc(O)cc3O)cc2)c2ccc(O)cc2O)c(O)c1. The first kappa shape index (κ1) is 26.1. The Balaban J connectivity index is 1.66. The van der Waals surface area contributed by atoms with Crippen LogP contribution in [0, 0.1) is 0 Å². The molecule has 5 aromatic rings. The molecule has 8 N–H and O–H groups in total. The van der Waals surface area contributed by atoms with Gasteiger partial charge < -0.3 is 40.9 Å². The number of phenols is 8. The highest BCUT2D eigenvalue weighted by Gasteiger charge is 2.26. The average Bonchev–Trinajstić information content (AvgIpc) is 2.89. The second-order valence-electron chi connectivity index (χ2n) is 9.51. The van der Waals surface area contributed by atoms with Gasteiger partial charge in [-0.15, -0.1) is 0 Å². The van der Waals surface area contributed by atoms with Gasteiger partial charge in [-0.3, -0.25) is 0 Å². The molecule has 0 aliphatic carbocycles. The van der Waals surface area contributed by atoms with Crippen molar-refractivity contribution in [2.45, 2.75) is 11.8 Å². The van der Waals surface area contributed by atoms with Crippen LogP contribution in [0.15, 0.2) is 97.1 Å². The molecule has 0 fully saturated rings. The van der Waals surface area contributed by atoms with E-state index in [0.717, 1.165) is 0 Å². The van der Waals surface area contributed by atoms with Crippen molar-refractivity contribution in [1.29, 1.82) is 0 Å². The molecule has 0 heterocycles. The summed E-state index contributed by atoms with van der Waals surface area (Å²) in [6, 6.07) is 23.7. The molecule has 40 heavy (non-hydrogen) atoms. The van der Waals surface area contributed by atoms with Crippen molar-refractivity contribution in [3.05, 3.63) is 130 Å². The van der Waals surface area contributed by atoms with E-state index >= 15 is 0 Å². The zero-order valence-electron chi connectivity index (χ0n) is 21.0. The molecular formula is C32H26O8. The van der Waals surface area contributed by atoms with Crippen LogP contribution < -0.4 is 0 Å². The highest BCUT2D eigenvalue weighted by Crippen LogP contribution is 2.45. The molecule has 0 atom stereocenters. The number of phenolic OH excluding ortho intramolecular Hbond substituents is 8. The Bertz CT molecular complexity index is 1470. The summed E-state index contributed by atoms with van der Waals surface area (Å²) in [4.78, 5) is 0. The van der Waals surface area contributed by atoms with Crippen LogP contribution in [0.3, 0.4) is 0 Å². The van der Waals surface area contributed by atoms with Gasteiger partial charge in [0, 0.05) is 58.4 Å². The van der Waals surface area contributed by atoms with Crippen LogP contribution >= 0.6 is 0 Å². The Morgan fingerprint density at radius 3 is 0.725 bits per heavy atom. The predicted molar refractivity (Wildman–Crippen MR) is 147 cm³/mol. The molecule has 0 bridgehead atoms. The summed E-state index contributed by atoms with van der Waals surface area (Å²) in [7, 11) is 0. The Labute approximate surface area is 229 Å². The molecule has 0 aromatic heterocycles. The first-order valence-corrected chi connectivity index (χ1v) is 12.3. The normalized spacial score (nSPS) is 11.2. The summed E-state index contributed by atoms with van der Waals surface area (Å²) in [6.45, 7) is 0. The van der Waals surface area contributed by atoms with Crippen molar-refractivity contribution in [1.82, 2.24) is 0 Å². The Hall–Kier alpha value is -5.50. The number of aromatic hydroxyl groups is 8. The van der Waals surface area contributed by atoms with Crippen molar-refractivity contribution in [3.63, 3.8) is 0 Å². The summed E-state index contributed by atoms with van der Waals surface area (Å²) in [5.74, 6) is -2.68. The second kappa shape index (κ2) is 10.3. The molecule has 202 valence electrons. The maximum Gasteiger partial charge on any atom is 0.123 e. The van der Waals surface area contributed by atoms with Crippen molar-refractivity contribution >= 4 is 0 Å². The van der Waals surface area contributed by atoms with Gasteiger partial charge in [-0.05, 0) is 35.4 Å². The first-order valence-electron chi connectivity index (χ1n) is 12.3. The minimum Gasteiger partial charge on any atom is -0.508 e. The van der Waals surface area contributed by atoms with Gasteiger partial charge in [0.1, 0.15) is 46.0 Å². The van der Waals surface area contributed by atoms with Crippen LogP contribution in [-0.2, 0) is 0 Å². The molecule has 0 aliphatic rings. The summed E-state index contributed by atoms with van der Waals surface area (Å²) in [5, 5.41) is 82.1. The standard InChI is InChI=1S/C32H26O8/c33-19-5-9-23(27(37)13-19)31(24-10-6-20(34)14-28(24)38)17-1-2-18(4-3-17)32(25-11-7-21(35)15-29(25)39)26-12-8-22(36)16-30(26)40/h1-16,31-40H. The van der Waals surface area contributed by atoms with E-state index in [9.17, 15) is 40.9 Å². The van der Waals surface area contributed by atoms with Crippen molar-refractivity contribution in [2.75, 3.05) is 0 Å². The summed E-state index contributed by atoms with van der Waals surface area (Å²) >= 11 is 0. The molecule has 0 spiro atoms. The van der Waals surface area contributed by atoms with Crippen LogP contribution in [0.1, 0.15) is 45.2 Å². The molecule has 5 rings (SSSR count). The third-order valence-electron chi connectivity index (χ3n) is 6.90. The Morgan fingerprint density at radius 1 is 0.300 bits per heavy atom. The lowest BCUT2D eigenvalue weighted by molar-refractivity contribution is 0.437. The van der Waals surface area contributed by atoms with Crippen LogP contribution in [-0.4, -0.2) is 40.9 Å². The van der Waals surface area contributed by atoms with Gasteiger partial charge in [-0.2, -0.15) is 0 Å². The zero-order valence-corrected chi connectivity index (χ0v) is 21.0. The molecule has 8 heteroatoms. The van der Waals surface area contributed by atoms with Crippen molar-refractivity contribution in [2.24, 2.45) is 0 Å². The number of hydrogen-bond acceptors (Lipinski definition) is 8. The van der Waals surface area contributed by atoms with E-state index in [2.05, 4.69) is 0 Å². The number of benzene rings is 5. The second-order valence-corrected chi connectivity index (χ2v) is 9.51. The molecule has 0 saturated carbocycles. The maximum atomic E-state index is 10.7. The number of hydrogen-bond donors (Lipinski definition) is 8. The third-order valence-corrected chi connectivity index (χ3v) is 6.90. The quantitative estimate of drug-likeness (QED) is 0.128. The number of rotatable bonds is 6. The maximum absolute atomic E-state index is 10.7. The monoisotopic (exact) mass is 538 g/mol. The predicted octanol–water partition coefficient (Wildman–Crippen LogP) is 5.69. The van der Waals surface area contributed by atoms with Gasteiger partial charge in [0.15, 0.2) is 0 Å². The first-order chi connectivity index (χ1) is 19.1. The van der Waals surface area contributed by atoms with E-state index in [1.54, 1.807) is 48.5 Å². The highest BCUT2D eigenvalue weighted by atomic mass is 16.3. The minimum absolute atomic E-state index is 0.129. The van der Waals surface area contributed by atoms with Gasteiger partial charge >= 0.3 is 0 Å². The van der Waals surface area contributed by atoms with Gasteiger partial charge in [-0.25, -0.2) is 0 Å². The molecule has 0 unspecified atom stereocenters. The van der Waals surface area contributed by atoms with E-state index in [1.807, 2.05) is 0 Å². The Kier molecular flexibility index (Phi) is 6.75. The third kappa shape index (κ3) is 4.98. The average molecular weight is 539 g/mol. The molecule has 0 radical (unpaired) electrons. The minimum atomic E-state index is -0.696. The molecule has 5 aromatic carbocycles. The van der Waals surface area contributed by atoms with Crippen LogP contribution in [0.25, 0.3) is 0 Å². The largest absolute Gasteiger partial charge is 0.508 e. The topological polar surface area (TPSA) is 162 Å². The molecule has 0 aliphatic heterocycles. The van der Waals surface area contributed by atoms with Crippen LogP contribution in [0.2, 0.25) is 0 Å². The van der Waals surface area contributed by atoms with Crippen molar-refractivity contribution in [3.8, 4) is 46.0 Å². The van der Waals surface area contributed by atoms with Crippen molar-refractivity contribution < 1.29 is 40.9 Å². The fourth-order valence-electron chi connectivity index (χ4n) is 5.04. The van der Waals surface area contributed by atoms with E-state index < -0.39 is 11.8 Å². The van der Waals surface area contributed by atoms with E-state index in [-0.39, 0.29) is 46.0 Å². The van der Waals surface area contributed by atoms with Crippen LogP contribution in [0.4, 0.5) is 0 Å². The van der Waals surface area contributed by atoms with Gasteiger partial charge in [0.05, 0.1) is 0 Å². The summed E-state index contributed by atoms with van der Waals surface area (Å²) < 4.78 is 0. The van der Waals surface area contributed by atoms with E-state index in [1.165, 1.54) is 48.5 Å².